The summed E-state index contributed by atoms with van der Waals surface area (Å²) in [4.78, 5) is 0. The van der Waals surface area contributed by atoms with Crippen LogP contribution in [0.25, 0.3) is 0 Å². The minimum Gasteiger partial charge on any atom is -0.435 e. The molecule has 1 unspecified atom stereocenters. The smallest absolute Gasteiger partial charge is 0.387 e. The summed E-state index contributed by atoms with van der Waals surface area (Å²) in [6, 6.07) is 6.80. The number of rotatable bonds is 8. The van der Waals surface area contributed by atoms with Crippen LogP contribution in [0.3, 0.4) is 0 Å². The normalized spacial score (nSPS) is 12.6. The van der Waals surface area contributed by atoms with Crippen molar-refractivity contribution < 1.29 is 13.5 Å². The molecule has 5 nitrogen and oxygen atoms in total. The highest BCUT2D eigenvalue weighted by molar-refractivity contribution is 5.30. The maximum absolute atomic E-state index is 12.2. The standard InChI is InChI=1S/C14H18F2N4O/c1-11(17-6-3-8-20-9-7-18-19-20)12-4-2-5-13(10-12)21-14(15)16/h2,4-5,7,9-11,14,17H,3,6,8H2,1H3. The zero-order valence-electron chi connectivity index (χ0n) is 11.7. The average molecular weight is 296 g/mol. The van der Waals surface area contributed by atoms with Crippen molar-refractivity contribution in [1.82, 2.24) is 20.3 Å². The molecule has 2 aromatic rings. The summed E-state index contributed by atoms with van der Waals surface area (Å²) in [5.74, 6) is 0.179. The Bertz CT molecular complexity index is 534. The molecule has 2 rings (SSSR count). The Hall–Kier alpha value is -2.02. The van der Waals surface area contributed by atoms with Gasteiger partial charge >= 0.3 is 6.61 Å². The quantitative estimate of drug-likeness (QED) is 0.761. The number of hydrogen-bond donors (Lipinski definition) is 1. The third-order valence-electron chi connectivity index (χ3n) is 3.07. The van der Waals surface area contributed by atoms with Gasteiger partial charge in [0.25, 0.3) is 0 Å². The van der Waals surface area contributed by atoms with Crippen molar-refractivity contribution in [2.45, 2.75) is 32.5 Å². The van der Waals surface area contributed by atoms with Crippen LogP contribution < -0.4 is 10.1 Å². The Morgan fingerprint density at radius 2 is 2.24 bits per heavy atom. The summed E-state index contributed by atoms with van der Waals surface area (Å²) >= 11 is 0. The number of aryl methyl sites for hydroxylation is 1. The van der Waals surface area contributed by atoms with Crippen LogP contribution >= 0.6 is 0 Å². The Morgan fingerprint density at radius 3 is 2.95 bits per heavy atom. The molecule has 0 fully saturated rings. The van der Waals surface area contributed by atoms with E-state index in [1.165, 1.54) is 6.07 Å². The number of halogens is 2. The highest BCUT2D eigenvalue weighted by Crippen LogP contribution is 2.20. The molecule has 1 aromatic carbocycles. The second-order valence-corrected chi connectivity index (χ2v) is 4.65. The summed E-state index contributed by atoms with van der Waals surface area (Å²) < 4.78 is 30.5. The lowest BCUT2D eigenvalue weighted by atomic mass is 10.1. The topological polar surface area (TPSA) is 52.0 Å². The van der Waals surface area contributed by atoms with E-state index in [9.17, 15) is 8.78 Å². The molecule has 0 radical (unpaired) electrons. The van der Waals surface area contributed by atoms with Crippen molar-refractivity contribution >= 4 is 0 Å². The molecule has 0 saturated carbocycles. The zero-order valence-corrected chi connectivity index (χ0v) is 11.7. The van der Waals surface area contributed by atoms with Gasteiger partial charge in [0.15, 0.2) is 0 Å². The Kier molecular flexibility index (Phi) is 5.62. The van der Waals surface area contributed by atoms with Crippen molar-refractivity contribution in [2.24, 2.45) is 0 Å². The molecule has 0 aliphatic heterocycles. The molecule has 0 spiro atoms. The Morgan fingerprint density at radius 1 is 1.38 bits per heavy atom. The van der Waals surface area contributed by atoms with Gasteiger partial charge in [0.05, 0.1) is 6.20 Å². The monoisotopic (exact) mass is 296 g/mol. The van der Waals surface area contributed by atoms with Crippen LogP contribution in [-0.2, 0) is 6.54 Å². The second kappa shape index (κ2) is 7.68. The van der Waals surface area contributed by atoms with Gasteiger partial charge in [-0.1, -0.05) is 17.3 Å². The van der Waals surface area contributed by atoms with Crippen molar-refractivity contribution in [1.29, 1.82) is 0 Å². The van der Waals surface area contributed by atoms with E-state index in [1.807, 2.05) is 19.2 Å². The predicted octanol–water partition coefficient (Wildman–Crippen LogP) is 2.62. The van der Waals surface area contributed by atoms with Crippen molar-refractivity contribution in [3.8, 4) is 5.75 Å². The zero-order chi connectivity index (χ0) is 15.1. The van der Waals surface area contributed by atoms with Crippen LogP contribution in [0, 0.1) is 0 Å². The number of benzene rings is 1. The fourth-order valence-corrected chi connectivity index (χ4v) is 1.99. The third-order valence-corrected chi connectivity index (χ3v) is 3.07. The number of hydrogen-bond acceptors (Lipinski definition) is 4. The number of alkyl halides is 2. The molecule has 1 atom stereocenters. The minimum atomic E-state index is -2.80. The van der Waals surface area contributed by atoms with Crippen LogP contribution in [0.5, 0.6) is 5.75 Å². The van der Waals surface area contributed by atoms with Crippen LogP contribution in [0.15, 0.2) is 36.7 Å². The van der Waals surface area contributed by atoms with E-state index in [1.54, 1.807) is 23.0 Å². The second-order valence-electron chi connectivity index (χ2n) is 4.65. The maximum Gasteiger partial charge on any atom is 0.387 e. The summed E-state index contributed by atoms with van der Waals surface area (Å²) in [5.41, 5.74) is 0.911. The summed E-state index contributed by atoms with van der Waals surface area (Å²) in [5, 5.41) is 11.0. The first-order chi connectivity index (χ1) is 10.1. The van der Waals surface area contributed by atoms with Gasteiger partial charge in [0.1, 0.15) is 5.75 Å². The van der Waals surface area contributed by atoms with Gasteiger partial charge in [-0.25, -0.2) is 0 Å². The molecule has 0 aliphatic carbocycles. The summed E-state index contributed by atoms with van der Waals surface area (Å²) in [6.07, 6.45) is 4.36. The summed E-state index contributed by atoms with van der Waals surface area (Å²) in [6.45, 7) is 0.762. The van der Waals surface area contributed by atoms with Crippen LogP contribution in [-0.4, -0.2) is 28.2 Å². The fraction of sp³-hybridized carbons (Fsp3) is 0.429. The molecular formula is C14H18F2N4O. The molecule has 7 heteroatoms. The predicted molar refractivity (Wildman–Crippen MR) is 74.1 cm³/mol. The van der Waals surface area contributed by atoms with Gasteiger partial charge in [-0.3, -0.25) is 4.68 Å². The molecule has 0 aliphatic rings. The van der Waals surface area contributed by atoms with Gasteiger partial charge in [0, 0.05) is 18.8 Å². The average Bonchev–Trinajstić information content (AvgIpc) is 2.96. The van der Waals surface area contributed by atoms with Gasteiger partial charge in [-0.15, -0.1) is 5.10 Å². The first kappa shape index (κ1) is 15.4. The van der Waals surface area contributed by atoms with Crippen LogP contribution in [0.2, 0.25) is 0 Å². The highest BCUT2D eigenvalue weighted by Gasteiger charge is 2.08. The number of nitrogens with one attached hydrogen (secondary N) is 1. The molecular weight excluding hydrogens is 278 g/mol. The maximum atomic E-state index is 12.2. The number of aromatic nitrogens is 3. The Labute approximate surface area is 121 Å². The van der Waals surface area contributed by atoms with Crippen molar-refractivity contribution in [3.05, 3.63) is 42.2 Å². The molecule has 114 valence electrons. The number of nitrogens with zero attached hydrogens (tertiary/aromatic N) is 3. The first-order valence-corrected chi connectivity index (χ1v) is 6.77. The van der Waals surface area contributed by atoms with Crippen LogP contribution in [0.4, 0.5) is 8.78 Å². The van der Waals surface area contributed by atoms with Gasteiger partial charge in [-0.05, 0) is 37.6 Å². The SMILES string of the molecule is CC(NCCCn1ccnn1)c1cccc(OC(F)F)c1. The number of ether oxygens (including phenoxy) is 1. The van der Waals surface area contributed by atoms with E-state index in [4.69, 9.17) is 0 Å². The fourth-order valence-electron chi connectivity index (χ4n) is 1.99. The third kappa shape index (κ3) is 5.11. The van der Waals surface area contributed by atoms with E-state index >= 15 is 0 Å². The van der Waals surface area contributed by atoms with E-state index in [0.29, 0.717) is 0 Å². The Balaban J connectivity index is 1.78. The van der Waals surface area contributed by atoms with E-state index in [0.717, 1.165) is 25.1 Å². The van der Waals surface area contributed by atoms with Gasteiger partial charge in [0.2, 0.25) is 0 Å². The first-order valence-electron chi connectivity index (χ1n) is 6.77. The van der Waals surface area contributed by atoms with Crippen LogP contribution in [0.1, 0.15) is 24.9 Å². The molecule has 0 amide bonds. The largest absolute Gasteiger partial charge is 0.435 e. The molecule has 1 heterocycles. The van der Waals surface area contributed by atoms with Gasteiger partial charge in [-0.2, -0.15) is 8.78 Å². The van der Waals surface area contributed by atoms with E-state index < -0.39 is 6.61 Å². The summed E-state index contributed by atoms with van der Waals surface area (Å²) in [7, 11) is 0. The minimum absolute atomic E-state index is 0.0574. The molecule has 1 N–H and O–H groups in total. The molecule has 0 bridgehead atoms. The van der Waals surface area contributed by atoms with Gasteiger partial charge < -0.3 is 10.1 Å². The molecule has 21 heavy (non-hydrogen) atoms. The van der Waals surface area contributed by atoms with E-state index in [2.05, 4.69) is 20.4 Å². The van der Waals surface area contributed by atoms with E-state index in [-0.39, 0.29) is 11.8 Å². The lowest BCUT2D eigenvalue weighted by Gasteiger charge is -2.15. The lowest BCUT2D eigenvalue weighted by Crippen LogP contribution is -2.21. The molecule has 0 saturated heterocycles. The van der Waals surface area contributed by atoms with Crippen molar-refractivity contribution in [2.75, 3.05) is 6.54 Å². The molecule has 1 aromatic heterocycles. The highest BCUT2D eigenvalue weighted by atomic mass is 19.3. The lowest BCUT2D eigenvalue weighted by molar-refractivity contribution is -0.0499. The van der Waals surface area contributed by atoms with Crippen molar-refractivity contribution in [3.63, 3.8) is 0 Å².